The Morgan fingerprint density at radius 2 is 2.00 bits per heavy atom. The zero-order valence-corrected chi connectivity index (χ0v) is 9.85. The molecule has 2 rings (SSSR count). The van der Waals surface area contributed by atoms with Crippen molar-refractivity contribution >= 4 is 0 Å². The number of hydrogen-bond acceptors (Lipinski definition) is 5. The highest BCUT2D eigenvalue weighted by atomic mass is 16.5. The molecule has 0 aliphatic carbocycles. The third-order valence-electron chi connectivity index (χ3n) is 3.05. The van der Waals surface area contributed by atoms with Gasteiger partial charge in [-0.25, -0.2) is 0 Å². The van der Waals surface area contributed by atoms with Crippen LogP contribution in [0.4, 0.5) is 0 Å². The molecule has 1 aromatic rings. The van der Waals surface area contributed by atoms with Gasteiger partial charge in [-0.2, -0.15) is 4.98 Å². The summed E-state index contributed by atoms with van der Waals surface area (Å²) in [5.41, 5.74) is 5.96. The number of hydrogen-bond donors (Lipinski definition) is 1. The molecule has 5 nitrogen and oxygen atoms in total. The quantitative estimate of drug-likeness (QED) is 0.846. The van der Waals surface area contributed by atoms with Gasteiger partial charge in [0.25, 0.3) is 0 Å². The second-order valence-electron chi connectivity index (χ2n) is 4.65. The summed E-state index contributed by atoms with van der Waals surface area (Å²) in [5, 5.41) is 4.02. The fraction of sp³-hybridized carbons (Fsp3) is 0.818. The molecule has 0 spiro atoms. The van der Waals surface area contributed by atoms with E-state index in [0.29, 0.717) is 17.7 Å². The summed E-state index contributed by atoms with van der Waals surface area (Å²) >= 11 is 0. The van der Waals surface area contributed by atoms with Gasteiger partial charge in [0.05, 0.1) is 6.04 Å². The van der Waals surface area contributed by atoms with E-state index in [1.807, 2.05) is 13.8 Å². The minimum Gasteiger partial charge on any atom is -0.381 e. The van der Waals surface area contributed by atoms with Crippen LogP contribution in [-0.4, -0.2) is 23.4 Å². The van der Waals surface area contributed by atoms with Gasteiger partial charge in [-0.3, -0.25) is 0 Å². The Labute approximate surface area is 95.3 Å². The van der Waals surface area contributed by atoms with E-state index in [1.165, 1.54) is 0 Å². The summed E-state index contributed by atoms with van der Waals surface area (Å²) in [6.07, 6.45) is 1.94. The van der Waals surface area contributed by atoms with Crippen LogP contribution in [0.2, 0.25) is 0 Å². The normalized spacial score (nSPS) is 20.2. The smallest absolute Gasteiger partial charge is 0.243 e. The Morgan fingerprint density at radius 1 is 1.31 bits per heavy atom. The Hall–Kier alpha value is -0.940. The lowest BCUT2D eigenvalue weighted by Gasteiger charge is -2.18. The van der Waals surface area contributed by atoms with Crippen molar-refractivity contribution in [3.8, 4) is 0 Å². The number of nitrogens with zero attached hydrogens (tertiary/aromatic N) is 2. The third-order valence-corrected chi connectivity index (χ3v) is 3.05. The minimum atomic E-state index is -0.166. The van der Waals surface area contributed by atoms with Gasteiger partial charge in [0.15, 0.2) is 5.82 Å². The Morgan fingerprint density at radius 3 is 2.62 bits per heavy atom. The maximum Gasteiger partial charge on any atom is 0.243 e. The Balaban J connectivity index is 2.06. The topological polar surface area (TPSA) is 74.2 Å². The van der Waals surface area contributed by atoms with Gasteiger partial charge >= 0.3 is 0 Å². The van der Waals surface area contributed by atoms with E-state index in [0.717, 1.165) is 31.9 Å². The van der Waals surface area contributed by atoms with E-state index in [4.69, 9.17) is 15.0 Å². The molecule has 5 heteroatoms. The zero-order chi connectivity index (χ0) is 11.5. The lowest BCUT2D eigenvalue weighted by Crippen LogP contribution is -2.18. The van der Waals surface area contributed by atoms with Crippen molar-refractivity contribution in [1.82, 2.24) is 10.1 Å². The van der Waals surface area contributed by atoms with Gasteiger partial charge < -0.3 is 15.0 Å². The highest BCUT2D eigenvalue weighted by Crippen LogP contribution is 2.26. The largest absolute Gasteiger partial charge is 0.381 e. The number of ether oxygens (including phenoxy) is 1. The van der Waals surface area contributed by atoms with Crippen molar-refractivity contribution in [2.45, 2.75) is 38.6 Å². The zero-order valence-electron chi connectivity index (χ0n) is 9.85. The van der Waals surface area contributed by atoms with E-state index < -0.39 is 0 Å². The second-order valence-corrected chi connectivity index (χ2v) is 4.65. The maximum absolute atomic E-state index is 5.96. The maximum atomic E-state index is 5.96. The van der Waals surface area contributed by atoms with E-state index in [1.54, 1.807) is 0 Å². The standard InChI is InChI=1S/C11H19N3O2/c1-7(2)9(12)11-13-10(14-16-11)8-3-5-15-6-4-8/h7-9H,3-6,12H2,1-2H3. The van der Waals surface area contributed by atoms with Crippen LogP contribution < -0.4 is 5.73 Å². The molecule has 90 valence electrons. The van der Waals surface area contributed by atoms with Crippen LogP contribution in [0.1, 0.15) is 50.4 Å². The molecular formula is C11H19N3O2. The molecule has 1 aliphatic rings. The van der Waals surface area contributed by atoms with Crippen molar-refractivity contribution in [2.24, 2.45) is 11.7 Å². The Kier molecular flexibility index (Phi) is 3.56. The van der Waals surface area contributed by atoms with Gasteiger partial charge in [-0.15, -0.1) is 0 Å². The molecular weight excluding hydrogens is 206 g/mol. The highest BCUT2D eigenvalue weighted by molar-refractivity contribution is 4.99. The van der Waals surface area contributed by atoms with Crippen molar-refractivity contribution in [3.05, 3.63) is 11.7 Å². The molecule has 0 bridgehead atoms. The molecule has 1 aromatic heterocycles. The predicted molar refractivity (Wildman–Crippen MR) is 58.9 cm³/mol. The molecule has 16 heavy (non-hydrogen) atoms. The van der Waals surface area contributed by atoms with Gasteiger partial charge in [0.2, 0.25) is 5.89 Å². The first kappa shape index (κ1) is 11.5. The van der Waals surface area contributed by atoms with Crippen molar-refractivity contribution in [1.29, 1.82) is 0 Å². The van der Waals surface area contributed by atoms with Gasteiger partial charge in [0.1, 0.15) is 0 Å². The second kappa shape index (κ2) is 4.93. The van der Waals surface area contributed by atoms with Crippen LogP contribution in [0.15, 0.2) is 4.52 Å². The molecule has 1 aliphatic heterocycles. The van der Waals surface area contributed by atoms with E-state index >= 15 is 0 Å². The SMILES string of the molecule is CC(C)C(N)c1nc(C2CCOCC2)no1. The van der Waals surface area contributed by atoms with Crippen LogP contribution in [0, 0.1) is 5.92 Å². The van der Waals surface area contributed by atoms with E-state index in [9.17, 15) is 0 Å². The van der Waals surface area contributed by atoms with Crippen LogP contribution in [0.5, 0.6) is 0 Å². The molecule has 1 saturated heterocycles. The minimum absolute atomic E-state index is 0.166. The molecule has 2 N–H and O–H groups in total. The average Bonchev–Trinajstić information content (AvgIpc) is 2.78. The summed E-state index contributed by atoms with van der Waals surface area (Å²) < 4.78 is 10.5. The average molecular weight is 225 g/mol. The summed E-state index contributed by atoms with van der Waals surface area (Å²) in [6.45, 7) is 5.65. The fourth-order valence-electron chi connectivity index (χ4n) is 1.79. The van der Waals surface area contributed by atoms with Crippen molar-refractivity contribution in [2.75, 3.05) is 13.2 Å². The van der Waals surface area contributed by atoms with E-state index in [2.05, 4.69) is 10.1 Å². The lowest BCUT2D eigenvalue weighted by molar-refractivity contribution is 0.0830. The number of rotatable bonds is 3. The summed E-state index contributed by atoms with van der Waals surface area (Å²) in [4.78, 5) is 4.40. The van der Waals surface area contributed by atoms with Gasteiger partial charge in [-0.1, -0.05) is 19.0 Å². The van der Waals surface area contributed by atoms with Crippen LogP contribution in [0.3, 0.4) is 0 Å². The number of nitrogens with two attached hydrogens (primary N) is 1. The summed E-state index contributed by atoms with van der Waals surface area (Å²) in [5.74, 6) is 2.01. The highest BCUT2D eigenvalue weighted by Gasteiger charge is 2.24. The summed E-state index contributed by atoms with van der Waals surface area (Å²) in [7, 11) is 0. The molecule has 1 fully saturated rings. The monoisotopic (exact) mass is 225 g/mol. The Bertz CT molecular complexity index is 332. The number of aromatic nitrogens is 2. The first-order valence-electron chi connectivity index (χ1n) is 5.85. The third kappa shape index (κ3) is 2.41. The van der Waals surface area contributed by atoms with Crippen molar-refractivity contribution < 1.29 is 9.26 Å². The molecule has 2 heterocycles. The van der Waals surface area contributed by atoms with Gasteiger partial charge in [0, 0.05) is 19.1 Å². The van der Waals surface area contributed by atoms with E-state index in [-0.39, 0.29) is 6.04 Å². The molecule has 0 amide bonds. The molecule has 1 atom stereocenters. The molecule has 0 saturated carbocycles. The predicted octanol–water partition coefficient (Wildman–Crippen LogP) is 1.62. The van der Waals surface area contributed by atoms with Gasteiger partial charge in [-0.05, 0) is 18.8 Å². The van der Waals surface area contributed by atoms with Crippen LogP contribution in [0.25, 0.3) is 0 Å². The molecule has 1 unspecified atom stereocenters. The fourth-order valence-corrected chi connectivity index (χ4v) is 1.79. The summed E-state index contributed by atoms with van der Waals surface area (Å²) in [6, 6.07) is -0.166. The first-order valence-corrected chi connectivity index (χ1v) is 5.85. The lowest BCUT2D eigenvalue weighted by atomic mass is 10.00. The molecule has 0 radical (unpaired) electrons. The molecule has 0 aromatic carbocycles. The van der Waals surface area contributed by atoms with Crippen molar-refractivity contribution in [3.63, 3.8) is 0 Å². The first-order chi connectivity index (χ1) is 7.68. The van der Waals surface area contributed by atoms with Crippen LogP contribution >= 0.6 is 0 Å². The van der Waals surface area contributed by atoms with Crippen LogP contribution in [-0.2, 0) is 4.74 Å².